The van der Waals surface area contributed by atoms with Gasteiger partial charge in [-0.1, -0.05) is 6.07 Å². The van der Waals surface area contributed by atoms with Crippen LogP contribution < -0.4 is 20.7 Å². The Hall–Kier alpha value is -4.97. The molecule has 1 aromatic carbocycles. The summed E-state index contributed by atoms with van der Waals surface area (Å²) < 4.78 is 23.7. The number of esters is 1. The Balaban J connectivity index is 1.02. The lowest BCUT2D eigenvalue weighted by atomic mass is 9.98. The number of pyridine rings is 2. The third-order valence-corrected chi connectivity index (χ3v) is 9.61. The predicted molar refractivity (Wildman–Crippen MR) is 182 cm³/mol. The first-order chi connectivity index (χ1) is 23.2. The van der Waals surface area contributed by atoms with Crippen molar-refractivity contribution in [1.82, 2.24) is 19.0 Å². The van der Waals surface area contributed by atoms with E-state index < -0.39 is 11.8 Å². The number of ether oxygens (including phenoxy) is 1. The number of carbonyl (C=O) groups excluding carboxylic acids is 2. The van der Waals surface area contributed by atoms with Gasteiger partial charge in [-0.05, 0) is 80.3 Å². The number of piperazine rings is 1. The van der Waals surface area contributed by atoms with Crippen molar-refractivity contribution in [2.24, 2.45) is 7.05 Å². The smallest absolute Gasteiger partial charge is 0.310 e. The molecule has 0 spiro atoms. The van der Waals surface area contributed by atoms with Crippen molar-refractivity contribution in [2.45, 2.75) is 45.3 Å². The summed E-state index contributed by atoms with van der Waals surface area (Å²) in [5.41, 5.74) is 5.67. The quantitative estimate of drug-likeness (QED) is 0.284. The number of rotatable bonds is 8. The first-order valence-electron chi connectivity index (χ1n) is 16.6. The van der Waals surface area contributed by atoms with Gasteiger partial charge in [0.15, 0.2) is 0 Å². The van der Waals surface area contributed by atoms with E-state index in [-0.39, 0.29) is 24.5 Å². The van der Waals surface area contributed by atoms with E-state index in [1.807, 2.05) is 18.2 Å². The summed E-state index contributed by atoms with van der Waals surface area (Å²) in [5.74, 6) is -0.645. The molecule has 4 aromatic rings. The average Bonchev–Trinajstić information content (AvgIpc) is 3.47. The maximum Gasteiger partial charge on any atom is 0.310 e. The molecule has 1 fully saturated rings. The maximum atomic E-state index is 14.5. The van der Waals surface area contributed by atoms with E-state index in [1.165, 1.54) is 28.0 Å². The minimum absolute atomic E-state index is 0.0865. The number of nitrogens with one attached hydrogen (secondary N) is 1. The second kappa shape index (κ2) is 13.3. The number of benzene rings is 1. The molecule has 3 aliphatic rings. The van der Waals surface area contributed by atoms with Gasteiger partial charge in [-0.2, -0.15) is 0 Å². The van der Waals surface area contributed by atoms with Crippen LogP contribution in [0.3, 0.4) is 0 Å². The van der Waals surface area contributed by atoms with E-state index in [1.54, 1.807) is 36.5 Å². The lowest BCUT2D eigenvalue weighted by molar-refractivity contribution is -0.144. The molecule has 48 heavy (non-hydrogen) atoms. The molecule has 7 rings (SSSR count). The molecule has 12 heteroatoms. The molecule has 5 heterocycles. The molecule has 0 unspecified atom stereocenters. The number of aryl methyl sites for hydroxylation is 2. The van der Waals surface area contributed by atoms with Crippen LogP contribution in [0.25, 0.3) is 0 Å². The fraction of sp³-hybridized carbons (Fsp3) is 0.389. The number of aromatic nitrogens is 3. The van der Waals surface area contributed by atoms with Crippen LogP contribution in [0.1, 0.15) is 45.7 Å². The van der Waals surface area contributed by atoms with Gasteiger partial charge in [0.2, 0.25) is 0 Å². The standard InChI is InChI=1S/C36H40FN7O4/c1-40-11-13-42(14-12-40)28-9-10-33(38-21-28)39-29-17-24(22-41(2)35(29)46)18-34(45)48-23-26-7-8-27(37)20-31(26)44-16-15-43-30-6-4-3-5-25(30)19-32(43)36(44)47/h7-10,17,19-22H,3-6,11-16,18,23H2,1-2H3,(H,38,39). The van der Waals surface area contributed by atoms with Crippen molar-refractivity contribution in [3.63, 3.8) is 0 Å². The van der Waals surface area contributed by atoms with E-state index in [0.717, 1.165) is 57.5 Å². The van der Waals surface area contributed by atoms with Crippen LogP contribution in [0.2, 0.25) is 0 Å². The van der Waals surface area contributed by atoms with Crippen LogP contribution in [0, 0.1) is 5.82 Å². The van der Waals surface area contributed by atoms with Crippen molar-refractivity contribution in [3.05, 3.63) is 99.1 Å². The van der Waals surface area contributed by atoms with Gasteiger partial charge >= 0.3 is 5.97 Å². The summed E-state index contributed by atoms with van der Waals surface area (Å²) >= 11 is 0. The minimum Gasteiger partial charge on any atom is -0.460 e. The topological polar surface area (TPSA) is 105 Å². The number of fused-ring (bicyclic) bond motifs is 3. The number of likely N-dealkylation sites (N-methyl/N-ethyl adjacent to an activating group) is 1. The third kappa shape index (κ3) is 6.44. The van der Waals surface area contributed by atoms with Crippen LogP contribution in [0.5, 0.6) is 0 Å². The van der Waals surface area contributed by atoms with Crippen LogP contribution in [0.4, 0.5) is 27.3 Å². The summed E-state index contributed by atoms with van der Waals surface area (Å²) in [6.45, 7) is 4.74. The zero-order valence-corrected chi connectivity index (χ0v) is 27.4. The summed E-state index contributed by atoms with van der Waals surface area (Å²) in [4.78, 5) is 50.3. The van der Waals surface area contributed by atoms with Gasteiger partial charge < -0.3 is 33.9 Å². The van der Waals surface area contributed by atoms with Crippen LogP contribution in [-0.2, 0) is 49.0 Å². The highest BCUT2D eigenvalue weighted by molar-refractivity contribution is 6.06. The number of carbonyl (C=O) groups is 2. The Labute approximate surface area is 278 Å². The Kier molecular flexibility index (Phi) is 8.74. The number of hydrogen-bond acceptors (Lipinski definition) is 8. The molecule has 1 saturated heterocycles. The Morgan fingerprint density at radius 2 is 1.77 bits per heavy atom. The molecule has 3 aromatic heterocycles. The lowest BCUT2D eigenvalue weighted by Crippen LogP contribution is -2.44. The largest absolute Gasteiger partial charge is 0.460 e. The van der Waals surface area contributed by atoms with Gasteiger partial charge in [0.25, 0.3) is 11.5 Å². The Morgan fingerprint density at radius 1 is 0.958 bits per heavy atom. The molecule has 2 aliphatic heterocycles. The van der Waals surface area contributed by atoms with Crippen molar-refractivity contribution in [2.75, 3.05) is 54.9 Å². The van der Waals surface area contributed by atoms with Gasteiger partial charge in [-0.25, -0.2) is 9.37 Å². The van der Waals surface area contributed by atoms with Gasteiger partial charge in [-0.15, -0.1) is 0 Å². The normalized spacial score (nSPS) is 16.4. The summed E-state index contributed by atoms with van der Waals surface area (Å²) in [7, 11) is 3.74. The van der Waals surface area contributed by atoms with Crippen LogP contribution in [-0.4, -0.2) is 70.7 Å². The SMILES string of the molecule is CN1CCN(c2ccc(Nc3cc(CC(=O)OCc4ccc(F)cc4N4CCn5c(cc6c5CCCC6)C4=O)cn(C)c3=O)nc2)CC1. The number of anilines is 4. The van der Waals surface area contributed by atoms with E-state index in [2.05, 4.69) is 31.7 Å². The zero-order chi connectivity index (χ0) is 33.4. The first kappa shape index (κ1) is 31.6. The van der Waals surface area contributed by atoms with Gasteiger partial charge in [-0.3, -0.25) is 14.4 Å². The van der Waals surface area contributed by atoms with Crippen LogP contribution >= 0.6 is 0 Å². The monoisotopic (exact) mass is 653 g/mol. The van der Waals surface area contributed by atoms with Gasteiger partial charge in [0.05, 0.1) is 24.0 Å². The second-order valence-corrected chi connectivity index (χ2v) is 12.9. The molecule has 250 valence electrons. The average molecular weight is 654 g/mol. The summed E-state index contributed by atoms with van der Waals surface area (Å²) in [6.07, 6.45) is 7.49. The molecule has 0 atom stereocenters. The van der Waals surface area contributed by atoms with Crippen LogP contribution in [0.15, 0.2) is 59.7 Å². The van der Waals surface area contributed by atoms with Crippen molar-refractivity contribution in [1.29, 1.82) is 0 Å². The molecule has 1 amide bonds. The summed E-state index contributed by atoms with van der Waals surface area (Å²) in [5, 5.41) is 3.10. The highest BCUT2D eigenvalue weighted by atomic mass is 19.1. The predicted octanol–water partition coefficient (Wildman–Crippen LogP) is 4.04. The van der Waals surface area contributed by atoms with Crippen molar-refractivity contribution >= 4 is 34.8 Å². The van der Waals surface area contributed by atoms with Gasteiger partial charge in [0.1, 0.15) is 29.6 Å². The molecule has 0 bridgehead atoms. The molecule has 11 nitrogen and oxygen atoms in total. The van der Waals surface area contributed by atoms with E-state index in [9.17, 15) is 18.8 Å². The summed E-state index contributed by atoms with van der Waals surface area (Å²) in [6, 6.07) is 11.6. The second-order valence-electron chi connectivity index (χ2n) is 12.9. The Bertz CT molecular complexity index is 1910. The van der Waals surface area contributed by atoms with Crippen molar-refractivity contribution in [3.8, 4) is 0 Å². The molecular weight excluding hydrogens is 613 g/mol. The number of nitrogens with zero attached hydrogens (tertiary/aromatic N) is 6. The number of amides is 1. The van der Waals surface area contributed by atoms with E-state index >= 15 is 0 Å². The van der Waals surface area contributed by atoms with E-state index in [0.29, 0.717) is 47.1 Å². The number of halogens is 1. The van der Waals surface area contributed by atoms with Gasteiger partial charge in [0, 0.05) is 63.8 Å². The Morgan fingerprint density at radius 3 is 2.56 bits per heavy atom. The fourth-order valence-electron chi connectivity index (χ4n) is 6.97. The van der Waals surface area contributed by atoms with Crippen molar-refractivity contribution < 1.29 is 18.7 Å². The molecular formula is C36H40FN7O4. The van der Waals surface area contributed by atoms with E-state index in [4.69, 9.17) is 4.74 Å². The molecule has 0 saturated carbocycles. The molecule has 0 radical (unpaired) electrons. The number of hydrogen-bond donors (Lipinski definition) is 1. The molecule has 1 aliphatic carbocycles. The molecule has 1 N–H and O–H groups in total. The lowest BCUT2D eigenvalue weighted by Gasteiger charge is -2.33. The highest BCUT2D eigenvalue weighted by Gasteiger charge is 2.31. The third-order valence-electron chi connectivity index (χ3n) is 9.61. The fourth-order valence-corrected chi connectivity index (χ4v) is 6.97. The first-order valence-corrected chi connectivity index (χ1v) is 16.6. The highest BCUT2D eigenvalue weighted by Crippen LogP contribution is 2.32. The maximum absolute atomic E-state index is 14.5. The minimum atomic E-state index is -0.518. The zero-order valence-electron chi connectivity index (χ0n) is 27.4.